The third-order valence-corrected chi connectivity index (χ3v) is 3.83. The van der Waals surface area contributed by atoms with Crippen molar-refractivity contribution >= 4 is 17.7 Å². The monoisotopic (exact) mass is 327 g/mol. The first kappa shape index (κ1) is 17.1. The van der Waals surface area contributed by atoms with E-state index in [-0.39, 0.29) is 24.3 Å². The molecule has 2 amide bonds. The summed E-state index contributed by atoms with van der Waals surface area (Å²) in [6.45, 7) is 2.48. The highest BCUT2D eigenvalue weighted by Crippen LogP contribution is 2.25. The molecule has 0 saturated heterocycles. The Balaban J connectivity index is 1.78. The van der Waals surface area contributed by atoms with Gasteiger partial charge in [0, 0.05) is 23.8 Å². The first-order valence-electron chi connectivity index (χ1n) is 7.36. The molecule has 126 valence electrons. The summed E-state index contributed by atoms with van der Waals surface area (Å²) >= 11 is 0. The number of nitrogens with zero attached hydrogens (tertiary/aromatic N) is 1. The van der Waals surface area contributed by atoms with E-state index >= 15 is 0 Å². The van der Waals surface area contributed by atoms with Gasteiger partial charge in [0.2, 0.25) is 0 Å². The lowest BCUT2D eigenvalue weighted by Crippen LogP contribution is -2.55. The van der Waals surface area contributed by atoms with Gasteiger partial charge in [-0.2, -0.15) is 0 Å². The van der Waals surface area contributed by atoms with Gasteiger partial charge in [-0.1, -0.05) is 6.92 Å². The van der Waals surface area contributed by atoms with Crippen LogP contribution in [0.2, 0.25) is 0 Å². The number of hydrogen-bond acceptors (Lipinski definition) is 3. The van der Waals surface area contributed by atoms with Gasteiger partial charge in [0.1, 0.15) is 11.6 Å². The molecule has 2 rings (SSSR count). The highest BCUT2D eigenvalue weighted by atomic mass is 19.1. The molecule has 8 heteroatoms. The lowest BCUT2D eigenvalue weighted by atomic mass is 9.85. The number of nitrogens with one attached hydrogen (secondary N) is 2. The van der Waals surface area contributed by atoms with Crippen LogP contribution in [0.1, 0.15) is 19.8 Å². The second-order valence-corrected chi connectivity index (χ2v) is 5.54. The number of carboxylic acid groups (broad SMARTS) is 1. The van der Waals surface area contributed by atoms with Gasteiger partial charge in [-0.25, -0.2) is 13.6 Å². The van der Waals surface area contributed by atoms with E-state index in [9.17, 15) is 18.4 Å². The Morgan fingerprint density at radius 2 is 1.87 bits per heavy atom. The fourth-order valence-corrected chi connectivity index (χ4v) is 2.66. The molecule has 0 radical (unpaired) electrons. The SMILES string of the molecule is CCN(CC(=O)O)C1CC(NC(=O)Nc2cc(F)cc(F)c2)C1. The number of halogens is 2. The summed E-state index contributed by atoms with van der Waals surface area (Å²) in [4.78, 5) is 24.4. The molecule has 1 aromatic rings. The molecule has 0 heterocycles. The Morgan fingerprint density at radius 3 is 2.39 bits per heavy atom. The van der Waals surface area contributed by atoms with Crippen LogP contribution in [0.4, 0.5) is 19.3 Å². The number of rotatable bonds is 6. The molecule has 0 aliphatic heterocycles. The van der Waals surface area contributed by atoms with Crippen molar-refractivity contribution in [1.82, 2.24) is 10.2 Å². The van der Waals surface area contributed by atoms with E-state index in [1.165, 1.54) is 0 Å². The fourth-order valence-electron chi connectivity index (χ4n) is 2.66. The number of likely N-dealkylation sites (N-methyl/N-ethyl adjacent to an activating group) is 1. The molecule has 0 spiro atoms. The van der Waals surface area contributed by atoms with E-state index in [0.717, 1.165) is 18.2 Å². The van der Waals surface area contributed by atoms with Crippen LogP contribution in [-0.2, 0) is 4.79 Å². The molecule has 0 unspecified atom stereocenters. The third-order valence-electron chi connectivity index (χ3n) is 3.83. The topological polar surface area (TPSA) is 81.7 Å². The molecule has 1 fully saturated rings. The Hall–Kier alpha value is -2.22. The molecule has 0 aromatic heterocycles. The predicted octanol–water partition coefficient (Wildman–Crippen LogP) is 2.02. The molecular formula is C15H19F2N3O3. The minimum atomic E-state index is -0.880. The highest BCUT2D eigenvalue weighted by Gasteiger charge is 2.34. The van der Waals surface area contributed by atoms with Crippen molar-refractivity contribution in [2.75, 3.05) is 18.4 Å². The van der Waals surface area contributed by atoms with E-state index < -0.39 is 23.6 Å². The van der Waals surface area contributed by atoms with Crippen LogP contribution in [-0.4, -0.2) is 47.2 Å². The number of anilines is 1. The average molecular weight is 327 g/mol. The van der Waals surface area contributed by atoms with Crippen molar-refractivity contribution in [2.45, 2.75) is 31.8 Å². The van der Waals surface area contributed by atoms with Crippen molar-refractivity contribution in [3.05, 3.63) is 29.8 Å². The number of carboxylic acids is 1. The van der Waals surface area contributed by atoms with Crippen LogP contribution in [0.15, 0.2) is 18.2 Å². The smallest absolute Gasteiger partial charge is 0.319 e. The average Bonchev–Trinajstić information content (AvgIpc) is 2.38. The normalized spacial score (nSPS) is 20.0. The third kappa shape index (κ3) is 4.88. The summed E-state index contributed by atoms with van der Waals surface area (Å²) in [5.41, 5.74) is 0.0388. The second-order valence-electron chi connectivity index (χ2n) is 5.54. The summed E-state index contributed by atoms with van der Waals surface area (Å²) in [7, 11) is 0. The number of aliphatic carboxylic acids is 1. The number of carbonyl (C=O) groups is 2. The Morgan fingerprint density at radius 1 is 1.26 bits per heavy atom. The number of carbonyl (C=O) groups excluding carboxylic acids is 1. The zero-order valence-electron chi connectivity index (χ0n) is 12.7. The Labute approximate surface area is 132 Å². The van der Waals surface area contributed by atoms with Crippen LogP contribution in [0, 0.1) is 11.6 Å². The first-order valence-corrected chi connectivity index (χ1v) is 7.36. The molecule has 1 aromatic carbocycles. The van der Waals surface area contributed by atoms with Crippen LogP contribution >= 0.6 is 0 Å². The predicted molar refractivity (Wildman–Crippen MR) is 80.2 cm³/mol. The van der Waals surface area contributed by atoms with Gasteiger partial charge in [0.05, 0.1) is 6.54 Å². The van der Waals surface area contributed by atoms with Gasteiger partial charge in [0.25, 0.3) is 0 Å². The van der Waals surface area contributed by atoms with Crippen molar-refractivity contribution in [1.29, 1.82) is 0 Å². The van der Waals surface area contributed by atoms with Gasteiger partial charge in [-0.05, 0) is 31.5 Å². The van der Waals surface area contributed by atoms with Gasteiger partial charge < -0.3 is 15.7 Å². The molecule has 1 aliphatic rings. The standard InChI is InChI=1S/C15H19F2N3O3/c1-2-20(8-14(21)22)13-6-12(7-13)19-15(23)18-11-4-9(16)3-10(17)5-11/h3-5,12-13H,2,6-8H2,1H3,(H,21,22)(H2,18,19,23). The molecular weight excluding hydrogens is 308 g/mol. The van der Waals surface area contributed by atoms with E-state index in [1.807, 2.05) is 11.8 Å². The summed E-state index contributed by atoms with van der Waals surface area (Å²) in [5, 5.41) is 13.9. The number of urea groups is 1. The zero-order chi connectivity index (χ0) is 17.0. The lowest BCUT2D eigenvalue weighted by Gasteiger charge is -2.42. The van der Waals surface area contributed by atoms with Crippen molar-refractivity contribution < 1.29 is 23.5 Å². The molecule has 1 aliphatic carbocycles. The molecule has 6 nitrogen and oxygen atoms in total. The maximum atomic E-state index is 13.0. The van der Waals surface area contributed by atoms with E-state index in [2.05, 4.69) is 10.6 Å². The van der Waals surface area contributed by atoms with Gasteiger partial charge in [0.15, 0.2) is 0 Å². The summed E-state index contributed by atoms with van der Waals surface area (Å²) in [6.07, 6.45) is 1.29. The minimum absolute atomic E-state index is 0.0251. The van der Waals surface area contributed by atoms with Crippen molar-refractivity contribution in [2.24, 2.45) is 0 Å². The summed E-state index contributed by atoms with van der Waals surface area (Å²) in [6, 6.07) is 2.27. The zero-order valence-corrected chi connectivity index (χ0v) is 12.7. The van der Waals surface area contributed by atoms with Crippen LogP contribution < -0.4 is 10.6 Å². The van der Waals surface area contributed by atoms with E-state index in [0.29, 0.717) is 19.4 Å². The molecule has 3 N–H and O–H groups in total. The quantitative estimate of drug-likeness (QED) is 0.747. The van der Waals surface area contributed by atoms with Crippen LogP contribution in [0.3, 0.4) is 0 Å². The minimum Gasteiger partial charge on any atom is -0.480 e. The van der Waals surface area contributed by atoms with Gasteiger partial charge in [-0.15, -0.1) is 0 Å². The number of hydrogen-bond donors (Lipinski definition) is 3. The van der Waals surface area contributed by atoms with Crippen LogP contribution in [0.5, 0.6) is 0 Å². The highest BCUT2D eigenvalue weighted by molar-refractivity contribution is 5.89. The van der Waals surface area contributed by atoms with Crippen molar-refractivity contribution in [3.63, 3.8) is 0 Å². The lowest BCUT2D eigenvalue weighted by molar-refractivity contribution is -0.139. The van der Waals surface area contributed by atoms with E-state index in [4.69, 9.17) is 5.11 Å². The Kier molecular flexibility index (Phi) is 5.49. The van der Waals surface area contributed by atoms with Gasteiger partial charge in [-0.3, -0.25) is 9.69 Å². The summed E-state index contributed by atoms with van der Waals surface area (Å²) in [5.74, 6) is -2.42. The van der Waals surface area contributed by atoms with Crippen molar-refractivity contribution in [3.8, 4) is 0 Å². The van der Waals surface area contributed by atoms with Gasteiger partial charge >= 0.3 is 12.0 Å². The second kappa shape index (κ2) is 7.36. The fraction of sp³-hybridized carbons (Fsp3) is 0.467. The van der Waals surface area contributed by atoms with E-state index in [1.54, 1.807) is 0 Å². The maximum Gasteiger partial charge on any atom is 0.319 e. The Bertz CT molecular complexity index is 571. The number of benzene rings is 1. The molecule has 23 heavy (non-hydrogen) atoms. The molecule has 1 saturated carbocycles. The number of amides is 2. The molecule has 0 atom stereocenters. The van der Waals surface area contributed by atoms with Crippen LogP contribution in [0.25, 0.3) is 0 Å². The first-order chi connectivity index (χ1) is 10.9. The largest absolute Gasteiger partial charge is 0.480 e. The summed E-state index contributed by atoms with van der Waals surface area (Å²) < 4.78 is 26.1. The maximum absolute atomic E-state index is 13.0. The molecule has 0 bridgehead atoms.